The number of pyridine rings is 1. The summed E-state index contributed by atoms with van der Waals surface area (Å²) in [4.78, 5) is 25.7. The quantitative estimate of drug-likeness (QED) is 0.801. The number of aryl methyl sites for hydroxylation is 1. The second kappa shape index (κ2) is 5.17. The Labute approximate surface area is 112 Å². The Balaban J connectivity index is 2.19. The molecule has 0 saturated carbocycles. The van der Waals surface area contributed by atoms with Crippen molar-refractivity contribution in [3.63, 3.8) is 0 Å². The van der Waals surface area contributed by atoms with Gasteiger partial charge in [0, 0.05) is 45.1 Å². The Morgan fingerprint density at radius 3 is 2.84 bits per heavy atom. The van der Waals surface area contributed by atoms with E-state index in [1.54, 1.807) is 31.3 Å². The van der Waals surface area contributed by atoms with Gasteiger partial charge in [0.05, 0.1) is 5.60 Å². The van der Waals surface area contributed by atoms with Crippen LogP contribution in [0.3, 0.4) is 0 Å². The molecular formula is C14H20N2O3. The topological polar surface area (TPSA) is 51.5 Å². The molecule has 1 aliphatic rings. The van der Waals surface area contributed by atoms with Gasteiger partial charge in [0.2, 0.25) is 0 Å². The lowest BCUT2D eigenvalue weighted by atomic mass is 9.94. The number of piperidine rings is 1. The zero-order chi connectivity index (χ0) is 14.0. The molecule has 0 bridgehead atoms. The average molecular weight is 264 g/mol. The molecular weight excluding hydrogens is 244 g/mol. The maximum Gasteiger partial charge on any atom is 0.254 e. The zero-order valence-corrected chi connectivity index (χ0v) is 11.7. The molecule has 2 heterocycles. The minimum Gasteiger partial charge on any atom is -0.377 e. The Morgan fingerprint density at radius 2 is 2.21 bits per heavy atom. The van der Waals surface area contributed by atoms with E-state index in [2.05, 4.69) is 0 Å². The van der Waals surface area contributed by atoms with Crippen molar-refractivity contribution in [2.45, 2.75) is 25.4 Å². The van der Waals surface area contributed by atoms with Crippen LogP contribution in [0.25, 0.3) is 0 Å². The summed E-state index contributed by atoms with van der Waals surface area (Å²) in [6.07, 6.45) is 3.49. The van der Waals surface area contributed by atoms with Gasteiger partial charge in [0.15, 0.2) is 0 Å². The number of carbonyl (C=O) groups is 1. The van der Waals surface area contributed by atoms with Crippen molar-refractivity contribution in [1.82, 2.24) is 9.47 Å². The first kappa shape index (κ1) is 13.8. The first-order valence-corrected chi connectivity index (χ1v) is 6.46. The van der Waals surface area contributed by atoms with Crippen molar-refractivity contribution in [2.75, 3.05) is 20.2 Å². The Hall–Kier alpha value is -1.62. The van der Waals surface area contributed by atoms with Crippen molar-refractivity contribution in [2.24, 2.45) is 7.05 Å². The van der Waals surface area contributed by atoms with Gasteiger partial charge < -0.3 is 14.2 Å². The fourth-order valence-electron chi connectivity index (χ4n) is 2.41. The second-order valence-electron chi connectivity index (χ2n) is 5.35. The molecule has 0 radical (unpaired) electrons. The van der Waals surface area contributed by atoms with E-state index >= 15 is 0 Å². The predicted octanol–water partition coefficient (Wildman–Crippen LogP) is 1.03. The third-order valence-corrected chi connectivity index (χ3v) is 3.79. The second-order valence-corrected chi connectivity index (χ2v) is 5.35. The van der Waals surface area contributed by atoms with E-state index < -0.39 is 0 Å². The van der Waals surface area contributed by atoms with E-state index in [1.165, 1.54) is 10.6 Å². The van der Waals surface area contributed by atoms with Crippen LogP contribution in [-0.4, -0.2) is 41.2 Å². The van der Waals surface area contributed by atoms with Crippen LogP contribution in [0, 0.1) is 0 Å². The molecule has 1 fully saturated rings. The number of amides is 1. The third-order valence-electron chi connectivity index (χ3n) is 3.79. The highest BCUT2D eigenvalue weighted by Gasteiger charge is 2.33. The maximum absolute atomic E-state index is 12.4. The van der Waals surface area contributed by atoms with Crippen LogP contribution < -0.4 is 5.56 Å². The normalized spacial score (nSPS) is 23.4. The molecule has 0 N–H and O–H groups in total. The molecule has 0 spiro atoms. The SMILES string of the molecule is COC1(C)CCCN(C(=O)c2ccn(C)c(=O)c2)C1. The summed E-state index contributed by atoms with van der Waals surface area (Å²) in [6.45, 7) is 3.29. The summed E-state index contributed by atoms with van der Waals surface area (Å²) in [5.41, 5.74) is -0.00554. The number of nitrogens with zero attached hydrogens (tertiary/aromatic N) is 2. The largest absolute Gasteiger partial charge is 0.377 e. The van der Waals surface area contributed by atoms with Crippen LogP contribution in [-0.2, 0) is 11.8 Å². The number of hydrogen-bond donors (Lipinski definition) is 0. The smallest absolute Gasteiger partial charge is 0.254 e. The fraction of sp³-hybridized carbons (Fsp3) is 0.571. The molecule has 19 heavy (non-hydrogen) atoms. The Bertz CT molecular complexity index is 538. The first-order chi connectivity index (χ1) is 8.95. The van der Waals surface area contributed by atoms with Gasteiger partial charge in [-0.3, -0.25) is 9.59 Å². The highest BCUT2D eigenvalue weighted by molar-refractivity contribution is 5.94. The number of ether oxygens (including phenoxy) is 1. The van der Waals surface area contributed by atoms with E-state index in [0.717, 1.165) is 12.8 Å². The standard InChI is InChI=1S/C14H20N2O3/c1-14(19-3)6-4-7-16(10-14)13(18)11-5-8-15(2)12(17)9-11/h5,8-9H,4,6-7,10H2,1-3H3. The lowest BCUT2D eigenvalue weighted by molar-refractivity contribution is -0.0440. The lowest BCUT2D eigenvalue weighted by Gasteiger charge is -2.39. The van der Waals surface area contributed by atoms with Crippen molar-refractivity contribution in [3.8, 4) is 0 Å². The van der Waals surface area contributed by atoms with E-state index in [1.807, 2.05) is 6.92 Å². The summed E-state index contributed by atoms with van der Waals surface area (Å²) in [7, 11) is 3.34. The molecule has 1 saturated heterocycles. The Kier molecular flexibility index (Phi) is 3.75. The lowest BCUT2D eigenvalue weighted by Crippen LogP contribution is -2.49. The molecule has 1 amide bonds. The minimum atomic E-state index is -0.284. The summed E-state index contributed by atoms with van der Waals surface area (Å²) >= 11 is 0. The van der Waals surface area contributed by atoms with Crippen molar-refractivity contribution < 1.29 is 9.53 Å². The third kappa shape index (κ3) is 2.87. The number of rotatable bonds is 2. The fourth-order valence-corrected chi connectivity index (χ4v) is 2.41. The molecule has 5 nitrogen and oxygen atoms in total. The van der Waals surface area contributed by atoms with Gasteiger partial charge >= 0.3 is 0 Å². The van der Waals surface area contributed by atoms with E-state index in [-0.39, 0.29) is 17.1 Å². The van der Waals surface area contributed by atoms with Gasteiger partial charge in [0.1, 0.15) is 0 Å². The summed E-state index contributed by atoms with van der Waals surface area (Å²) in [5.74, 6) is -0.0966. The van der Waals surface area contributed by atoms with Gasteiger partial charge in [-0.1, -0.05) is 0 Å². The number of hydrogen-bond acceptors (Lipinski definition) is 3. The van der Waals surface area contributed by atoms with E-state index in [0.29, 0.717) is 18.7 Å². The molecule has 0 aliphatic carbocycles. The predicted molar refractivity (Wildman–Crippen MR) is 72.2 cm³/mol. The molecule has 1 atom stereocenters. The minimum absolute atomic E-state index is 0.0966. The molecule has 0 aromatic carbocycles. The average Bonchev–Trinajstić information content (AvgIpc) is 2.41. The van der Waals surface area contributed by atoms with Crippen molar-refractivity contribution >= 4 is 5.91 Å². The van der Waals surface area contributed by atoms with Crippen molar-refractivity contribution in [1.29, 1.82) is 0 Å². The molecule has 1 aromatic rings. The van der Waals surface area contributed by atoms with E-state index in [4.69, 9.17) is 4.74 Å². The molecule has 1 aromatic heterocycles. The zero-order valence-electron chi connectivity index (χ0n) is 11.7. The molecule has 2 rings (SSSR count). The van der Waals surface area contributed by atoms with Crippen molar-refractivity contribution in [3.05, 3.63) is 34.2 Å². The summed E-state index contributed by atoms with van der Waals surface area (Å²) in [5, 5.41) is 0. The number of aromatic nitrogens is 1. The summed E-state index contributed by atoms with van der Waals surface area (Å²) < 4.78 is 6.93. The number of likely N-dealkylation sites (tertiary alicyclic amines) is 1. The van der Waals surface area contributed by atoms with Gasteiger partial charge in [-0.15, -0.1) is 0 Å². The van der Waals surface area contributed by atoms with Crippen LogP contribution in [0.4, 0.5) is 0 Å². The van der Waals surface area contributed by atoms with Gasteiger partial charge in [-0.25, -0.2) is 0 Å². The number of carbonyl (C=O) groups excluding carboxylic acids is 1. The summed E-state index contributed by atoms with van der Waals surface area (Å²) in [6, 6.07) is 3.07. The van der Waals surface area contributed by atoms with Gasteiger partial charge in [-0.05, 0) is 25.8 Å². The highest BCUT2D eigenvalue weighted by atomic mass is 16.5. The van der Waals surface area contributed by atoms with Gasteiger partial charge in [0.25, 0.3) is 11.5 Å². The first-order valence-electron chi connectivity index (χ1n) is 6.46. The van der Waals surface area contributed by atoms with Crippen LogP contribution in [0.2, 0.25) is 0 Å². The number of methoxy groups -OCH3 is 1. The van der Waals surface area contributed by atoms with Crippen LogP contribution in [0.1, 0.15) is 30.1 Å². The van der Waals surface area contributed by atoms with E-state index in [9.17, 15) is 9.59 Å². The highest BCUT2D eigenvalue weighted by Crippen LogP contribution is 2.24. The van der Waals surface area contributed by atoms with Crippen LogP contribution >= 0.6 is 0 Å². The Morgan fingerprint density at radius 1 is 1.47 bits per heavy atom. The van der Waals surface area contributed by atoms with Crippen LogP contribution in [0.5, 0.6) is 0 Å². The molecule has 1 aliphatic heterocycles. The van der Waals surface area contributed by atoms with Crippen LogP contribution in [0.15, 0.2) is 23.1 Å². The monoisotopic (exact) mass is 264 g/mol. The van der Waals surface area contributed by atoms with Gasteiger partial charge in [-0.2, -0.15) is 0 Å². The molecule has 104 valence electrons. The molecule has 1 unspecified atom stereocenters. The maximum atomic E-state index is 12.4. The molecule has 5 heteroatoms.